The fourth-order valence-corrected chi connectivity index (χ4v) is 3.50. The van der Waals surface area contributed by atoms with Crippen LogP contribution in [0.2, 0.25) is 5.02 Å². The molecule has 1 amide bonds. The van der Waals surface area contributed by atoms with Crippen molar-refractivity contribution in [3.63, 3.8) is 0 Å². The highest BCUT2D eigenvalue weighted by Gasteiger charge is 2.18. The molecule has 2 aromatic carbocycles. The molecule has 152 valence electrons. The highest BCUT2D eigenvalue weighted by atomic mass is 35.5. The number of aromatic nitrogens is 3. The predicted molar refractivity (Wildman–Crippen MR) is 115 cm³/mol. The Bertz CT molecular complexity index is 1300. The van der Waals surface area contributed by atoms with Gasteiger partial charge in [-0.1, -0.05) is 41.9 Å². The minimum atomic E-state index is -0.565. The molecular weight excluding hydrogens is 407 g/mol. The molecule has 2 aromatic heterocycles. The maximum atomic E-state index is 13.3. The third-order valence-corrected chi connectivity index (χ3v) is 5.07. The van der Waals surface area contributed by atoms with Crippen LogP contribution in [0.4, 0.5) is 10.1 Å². The molecule has 2 heterocycles. The van der Waals surface area contributed by atoms with Crippen molar-refractivity contribution in [3.8, 4) is 11.1 Å². The maximum Gasteiger partial charge on any atom is 0.277 e. The van der Waals surface area contributed by atoms with Crippen molar-refractivity contribution >= 4 is 34.2 Å². The fraction of sp³-hybridized carbons (Fsp3) is 0.136. The summed E-state index contributed by atoms with van der Waals surface area (Å²) in [5, 5.41) is 2.60. The monoisotopic (exact) mass is 424 g/mol. The minimum Gasteiger partial charge on any atom is -0.332 e. The molecule has 0 spiro atoms. The van der Waals surface area contributed by atoms with Crippen LogP contribution in [-0.2, 0) is 17.9 Å². The van der Waals surface area contributed by atoms with Crippen molar-refractivity contribution in [3.05, 3.63) is 82.2 Å². The summed E-state index contributed by atoms with van der Waals surface area (Å²) < 4.78 is 16.4. The molecular formula is C22H18ClFN4O2. The number of carbonyl (C=O) groups excluding carboxylic acids is 1. The highest BCUT2D eigenvalue weighted by molar-refractivity contribution is 6.31. The second-order valence-electron chi connectivity index (χ2n) is 6.75. The van der Waals surface area contributed by atoms with Gasteiger partial charge in [-0.2, -0.15) is 0 Å². The molecule has 4 rings (SSSR count). The number of halogens is 2. The molecule has 0 fully saturated rings. The SMILES string of the molecule is CCn1cnc2c(-c3ccccc3)cn(CC(=O)Nc3ccc(F)c(Cl)c3)c2c1=O. The first-order valence-electron chi connectivity index (χ1n) is 9.36. The van der Waals surface area contributed by atoms with Gasteiger partial charge in [0.1, 0.15) is 23.4 Å². The number of benzene rings is 2. The van der Waals surface area contributed by atoms with Gasteiger partial charge in [0, 0.05) is 24.0 Å². The highest BCUT2D eigenvalue weighted by Crippen LogP contribution is 2.27. The predicted octanol–water partition coefficient (Wildman–Crippen LogP) is 4.32. The van der Waals surface area contributed by atoms with E-state index < -0.39 is 5.82 Å². The summed E-state index contributed by atoms with van der Waals surface area (Å²) in [6, 6.07) is 13.5. The first-order chi connectivity index (χ1) is 14.5. The Balaban J connectivity index is 1.75. The van der Waals surface area contributed by atoms with E-state index in [9.17, 15) is 14.0 Å². The van der Waals surface area contributed by atoms with Gasteiger partial charge in [-0.25, -0.2) is 9.37 Å². The molecule has 8 heteroatoms. The van der Waals surface area contributed by atoms with Gasteiger partial charge in [-0.05, 0) is 30.7 Å². The molecule has 0 bridgehead atoms. The molecule has 1 N–H and O–H groups in total. The fourth-order valence-electron chi connectivity index (χ4n) is 3.32. The van der Waals surface area contributed by atoms with Gasteiger partial charge in [0.2, 0.25) is 5.91 Å². The molecule has 6 nitrogen and oxygen atoms in total. The summed E-state index contributed by atoms with van der Waals surface area (Å²) in [5.41, 5.74) is 2.70. The van der Waals surface area contributed by atoms with Gasteiger partial charge in [0.05, 0.1) is 11.3 Å². The normalized spacial score (nSPS) is 11.0. The molecule has 0 radical (unpaired) electrons. The van der Waals surface area contributed by atoms with E-state index in [-0.39, 0.29) is 23.0 Å². The van der Waals surface area contributed by atoms with Crippen molar-refractivity contribution < 1.29 is 9.18 Å². The molecule has 0 atom stereocenters. The third-order valence-electron chi connectivity index (χ3n) is 4.78. The average Bonchev–Trinajstić information content (AvgIpc) is 3.10. The standard InChI is InChI=1S/C22H18ClFN4O2/c1-2-27-13-25-20-16(14-6-4-3-5-7-14)11-28(21(20)22(27)30)12-19(29)26-15-8-9-18(24)17(23)10-15/h3-11,13H,2,12H2,1H3,(H,26,29). The summed E-state index contributed by atoms with van der Waals surface area (Å²) >= 11 is 5.78. The second kappa shape index (κ2) is 8.12. The lowest BCUT2D eigenvalue weighted by molar-refractivity contribution is -0.116. The zero-order valence-electron chi connectivity index (χ0n) is 16.1. The molecule has 0 aliphatic carbocycles. The van der Waals surface area contributed by atoms with Gasteiger partial charge in [-0.3, -0.25) is 14.2 Å². The van der Waals surface area contributed by atoms with Gasteiger partial charge in [0.15, 0.2) is 0 Å². The van der Waals surface area contributed by atoms with Gasteiger partial charge in [-0.15, -0.1) is 0 Å². The van der Waals surface area contributed by atoms with Crippen molar-refractivity contribution in [2.24, 2.45) is 0 Å². The zero-order valence-corrected chi connectivity index (χ0v) is 16.9. The number of nitrogens with one attached hydrogen (secondary N) is 1. The van der Waals surface area contributed by atoms with Crippen molar-refractivity contribution in [2.75, 3.05) is 5.32 Å². The van der Waals surface area contributed by atoms with Crippen LogP contribution in [0.5, 0.6) is 0 Å². The van der Waals surface area contributed by atoms with Crippen LogP contribution in [0.1, 0.15) is 6.92 Å². The van der Waals surface area contributed by atoms with Crippen LogP contribution in [-0.4, -0.2) is 20.0 Å². The maximum absolute atomic E-state index is 13.3. The topological polar surface area (TPSA) is 68.9 Å². The van der Waals surface area contributed by atoms with E-state index in [1.807, 2.05) is 37.3 Å². The van der Waals surface area contributed by atoms with Crippen molar-refractivity contribution in [2.45, 2.75) is 20.0 Å². The smallest absolute Gasteiger partial charge is 0.277 e. The van der Waals surface area contributed by atoms with Crippen LogP contribution in [0, 0.1) is 5.82 Å². The first-order valence-corrected chi connectivity index (χ1v) is 9.74. The van der Waals surface area contributed by atoms with Gasteiger partial charge < -0.3 is 9.88 Å². The Morgan fingerprint density at radius 3 is 2.63 bits per heavy atom. The lowest BCUT2D eigenvalue weighted by Crippen LogP contribution is -2.24. The molecule has 0 aliphatic rings. The van der Waals surface area contributed by atoms with Crippen LogP contribution in [0.3, 0.4) is 0 Å². The van der Waals surface area contributed by atoms with Gasteiger partial charge in [0.25, 0.3) is 5.56 Å². The first kappa shape index (κ1) is 19.8. The average molecular weight is 425 g/mol. The third kappa shape index (κ3) is 3.71. The van der Waals surface area contributed by atoms with E-state index in [1.54, 1.807) is 10.8 Å². The van der Waals surface area contributed by atoms with Gasteiger partial charge >= 0.3 is 0 Å². The lowest BCUT2D eigenvalue weighted by Gasteiger charge is -2.08. The number of hydrogen-bond acceptors (Lipinski definition) is 3. The summed E-state index contributed by atoms with van der Waals surface area (Å²) in [5.74, 6) is -0.940. The number of carbonyl (C=O) groups is 1. The molecule has 4 aromatic rings. The Morgan fingerprint density at radius 1 is 1.17 bits per heavy atom. The minimum absolute atomic E-state index is 0.0828. The summed E-state index contributed by atoms with van der Waals surface area (Å²) in [6.45, 7) is 2.21. The number of fused-ring (bicyclic) bond motifs is 1. The van der Waals surface area contributed by atoms with E-state index >= 15 is 0 Å². The van der Waals surface area contributed by atoms with Crippen molar-refractivity contribution in [1.29, 1.82) is 0 Å². The Labute approximate surface area is 176 Å². The van der Waals surface area contributed by atoms with Crippen molar-refractivity contribution in [1.82, 2.24) is 14.1 Å². The van der Waals surface area contributed by atoms with E-state index in [4.69, 9.17) is 11.6 Å². The van der Waals surface area contributed by atoms with E-state index in [0.717, 1.165) is 11.1 Å². The van der Waals surface area contributed by atoms with E-state index in [2.05, 4.69) is 10.3 Å². The number of hydrogen-bond donors (Lipinski definition) is 1. The molecule has 0 saturated carbocycles. The second-order valence-corrected chi connectivity index (χ2v) is 7.15. The van der Waals surface area contributed by atoms with Crippen LogP contribution in [0.25, 0.3) is 22.2 Å². The molecule has 0 unspecified atom stereocenters. The quantitative estimate of drug-likeness (QED) is 0.519. The molecule has 0 aliphatic heterocycles. The number of aryl methyl sites for hydroxylation is 1. The molecule has 30 heavy (non-hydrogen) atoms. The Hall–Kier alpha value is -3.45. The Kier molecular flexibility index (Phi) is 5.37. The number of nitrogens with zero attached hydrogens (tertiary/aromatic N) is 3. The molecule has 0 saturated heterocycles. The van der Waals surface area contributed by atoms with Crippen LogP contribution < -0.4 is 10.9 Å². The lowest BCUT2D eigenvalue weighted by atomic mass is 10.1. The largest absolute Gasteiger partial charge is 0.332 e. The van der Waals surface area contributed by atoms with Crippen LogP contribution >= 0.6 is 11.6 Å². The number of anilines is 1. The number of rotatable bonds is 5. The zero-order chi connectivity index (χ0) is 21.3. The summed E-state index contributed by atoms with van der Waals surface area (Å²) in [7, 11) is 0. The van der Waals surface area contributed by atoms with Crippen LogP contribution in [0.15, 0.2) is 65.8 Å². The summed E-state index contributed by atoms with van der Waals surface area (Å²) in [4.78, 5) is 30.1. The Morgan fingerprint density at radius 2 is 1.93 bits per heavy atom. The number of amides is 1. The summed E-state index contributed by atoms with van der Waals surface area (Å²) in [6.07, 6.45) is 3.27. The van der Waals surface area contributed by atoms with E-state index in [1.165, 1.54) is 29.1 Å². The van der Waals surface area contributed by atoms with E-state index in [0.29, 0.717) is 23.3 Å².